The summed E-state index contributed by atoms with van der Waals surface area (Å²) in [5, 5.41) is 10.2. The van der Waals surface area contributed by atoms with Gasteiger partial charge in [0.15, 0.2) is 11.5 Å². The zero-order valence-electron chi connectivity index (χ0n) is 17.7. The fourth-order valence-corrected chi connectivity index (χ4v) is 8.08. The van der Waals surface area contributed by atoms with Gasteiger partial charge in [0.05, 0.1) is 24.5 Å². The number of methoxy groups -OCH3 is 2. The van der Waals surface area contributed by atoms with E-state index in [0.29, 0.717) is 6.04 Å². The zero-order valence-corrected chi connectivity index (χ0v) is 17.7. The molecule has 5 heteroatoms. The van der Waals surface area contributed by atoms with E-state index in [1.807, 2.05) is 0 Å². The molecule has 2 aliphatic heterocycles. The average Bonchev–Trinajstić information content (AvgIpc) is 3.52. The fourth-order valence-electron chi connectivity index (χ4n) is 8.08. The summed E-state index contributed by atoms with van der Waals surface area (Å²) >= 11 is 0. The van der Waals surface area contributed by atoms with Crippen molar-refractivity contribution in [3.8, 4) is 17.6 Å². The molecule has 0 N–H and O–H groups in total. The Balaban J connectivity index is 1.51. The van der Waals surface area contributed by atoms with E-state index in [-0.39, 0.29) is 22.9 Å². The van der Waals surface area contributed by atoms with Gasteiger partial charge in [-0.3, -0.25) is 4.90 Å². The van der Waals surface area contributed by atoms with E-state index in [4.69, 9.17) is 14.2 Å². The highest BCUT2D eigenvalue weighted by Crippen LogP contribution is 2.74. The Morgan fingerprint density at radius 1 is 1.27 bits per heavy atom. The van der Waals surface area contributed by atoms with Crippen molar-refractivity contribution < 1.29 is 14.2 Å². The summed E-state index contributed by atoms with van der Waals surface area (Å²) in [7, 11) is 3.47. The number of fused-ring (bicyclic) bond motifs is 1. The minimum Gasteiger partial charge on any atom is -0.493 e. The molecule has 6 atom stereocenters. The van der Waals surface area contributed by atoms with Gasteiger partial charge in [-0.05, 0) is 56.2 Å². The quantitative estimate of drug-likeness (QED) is 0.722. The van der Waals surface area contributed by atoms with Crippen molar-refractivity contribution in [1.82, 2.24) is 4.90 Å². The number of likely N-dealkylation sites (tertiary alicyclic amines) is 1. The number of piperidine rings is 1. The smallest absolute Gasteiger partial charge is 0.166 e. The van der Waals surface area contributed by atoms with Gasteiger partial charge in [0, 0.05) is 30.7 Å². The van der Waals surface area contributed by atoms with Crippen LogP contribution in [-0.4, -0.2) is 50.0 Å². The van der Waals surface area contributed by atoms with Crippen molar-refractivity contribution in [1.29, 1.82) is 5.26 Å². The SMILES string of the molecule is COc1ccc2c3c1O[C@H]1[C@@]4(OC)C=C[C@@]5(C[C@@H]4C#N)[C@@H](C2)N(CC2CC2)CC[C@]315. The topological polar surface area (TPSA) is 54.7 Å². The Labute approximate surface area is 177 Å². The van der Waals surface area contributed by atoms with E-state index in [9.17, 15) is 5.26 Å². The summed E-state index contributed by atoms with van der Waals surface area (Å²) in [6, 6.07) is 7.38. The second-order valence-electron chi connectivity index (χ2n) is 10.3. The second kappa shape index (κ2) is 5.41. The summed E-state index contributed by atoms with van der Waals surface area (Å²) < 4.78 is 18.7. The molecule has 3 fully saturated rings. The molecule has 0 unspecified atom stereocenters. The molecule has 1 saturated heterocycles. The van der Waals surface area contributed by atoms with Crippen LogP contribution in [0.4, 0.5) is 0 Å². The lowest BCUT2D eigenvalue weighted by atomic mass is 9.37. The van der Waals surface area contributed by atoms with E-state index in [0.717, 1.165) is 43.2 Å². The third kappa shape index (κ3) is 1.69. The molecule has 2 saturated carbocycles. The maximum absolute atomic E-state index is 10.2. The van der Waals surface area contributed by atoms with Crippen molar-refractivity contribution >= 4 is 0 Å². The second-order valence-corrected chi connectivity index (χ2v) is 10.3. The molecular weight excluding hydrogens is 376 g/mol. The molecule has 0 amide bonds. The molecule has 1 aromatic rings. The van der Waals surface area contributed by atoms with Crippen LogP contribution in [0.1, 0.15) is 36.8 Å². The summed E-state index contributed by atoms with van der Waals surface area (Å²) in [6.07, 6.45) is 10.2. The first kappa shape index (κ1) is 17.6. The summed E-state index contributed by atoms with van der Waals surface area (Å²) in [5.74, 6) is 2.38. The number of nitriles is 1. The Bertz CT molecular complexity index is 1030. The van der Waals surface area contributed by atoms with Crippen molar-refractivity contribution in [3.05, 3.63) is 35.4 Å². The van der Waals surface area contributed by atoms with E-state index in [1.165, 1.54) is 30.5 Å². The van der Waals surface area contributed by atoms with Crippen LogP contribution in [0.2, 0.25) is 0 Å². The molecule has 8 rings (SSSR count). The van der Waals surface area contributed by atoms with Crippen LogP contribution in [0.25, 0.3) is 0 Å². The predicted octanol–water partition coefficient (Wildman–Crippen LogP) is 3.22. The van der Waals surface area contributed by atoms with Crippen molar-refractivity contribution in [2.75, 3.05) is 27.3 Å². The van der Waals surface area contributed by atoms with Gasteiger partial charge in [-0.2, -0.15) is 5.26 Å². The van der Waals surface area contributed by atoms with E-state index >= 15 is 0 Å². The van der Waals surface area contributed by atoms with Gasteiger partial charge in [0.1, 0.15) is 11.7 Å². The Morgan fingerprint density at radius 2 is 2.13 bits per heavy atom. The fraction of sp³-hybridized carbons (Fsp3) is 0.640. The van der Waals surface area contributed by atoms with Gasteiger partial charge >= 0.3 is 0 Å². The summed E-state index contributed by atoms with van der Waals surface area (Å²) in [5.41, 5.74) is 1.86. The van der Waals surface area contributed by atoms with E-state index in [1.54, 1.807) is 14.2 Å². The van der Waals surface area contributed by atoms with Crippen LogP contribution in [-0.2, 0) is 16.6 Å². The highest BCUT2D eigenvalue weighted by atomic mass is 16.6. The van der Waals surface area contributed by atoms with Crippen LogP contribution >= 0.6 is 0 Å². The number of benzene rings is 1. The van der Waals surface area contributed by atoms with E-state index in [2.05, 4.69) is 35.3 Å². The number of hydrogen-bond donors (Lipinski definition) is 0. The highest BCUT2D eigenvalue weighted by Gasteiger charge is 2.79. The molecule has 1 aromatic carbocycles. The molecule has 2 heterocycles. The van der Waals surface area contributed by atoms with Crippen LogP contribution in [0.3, 0.4) is 0 Å². The highest BCUT2D eigenvalue weighted by molar-refractivity contribution is 5.65. The van der Waals surface area contributed by atoms with Crippen LogP contribution in [0.15, 0.2) is 24.3 Å². The Morgan fingerprint density at radius 3 is 2.87 bits per heavy atom. The average molecular weight is 405 g/mol. The van der Waals surface area contributed by atoms with Gasteiger partial charge in [-0.15, -0.1) is 0 Å². The molecule has 5 aliphatic carbocycles. The largest absolute Gasteiger partial charge is 0.493 e. The zero-order chi connectivity index (χ0) is 20.3. The van der Waals surface area contributed by atoms with Gasteiger partial charge in [0.25, 0.3) is 0 Å². The standard InChI is InChI=1S/C25H28N2O3/c1-28-18-6-5-16-11-19-23-7-8-25(29-2,17(12-23)13-26)22-24(23,20(16)21(18)30-22)9-10-27(19)14-15-3-4-15/h5-8,15,17,19,22H,3-4,9-12,14H2,1-2H3/t17-,19-,22-,23-,24+,25-/m1/s1. The van der Waals surface area contributed by atoms with Crippen molar-refractivity contribution in [3.63, 3.8) is 0 Å². The molecule has 0 aromatic heterocycles. The number of nitrogens with zero attached hydrogens (tertiary/aromatic N) is 2. The minimum atomic E-state index is -0.696. The first-order valence-corrected chi connectivity index (χ1v) is 11.4. The molecular formula is C25H28N2O3. The monoisotopic (exact) mass is 404 g/mol. The maximum atomic E-state index is 10.2. The summed E-state index contributed by atoms with van der Waals surface area (Å²) in [6.45, 7) is 2.30. The first-order valence-electron chi connectivity index (χ1n) is 11.4. The number of rotatable bonds is 4. The molecule has 7 aliphatic rings. The Hall–Kier alpha value is -2.03. The van der Waals surface area contributed by atoms with Gasteiger partial charge in [-0.1, -0.05) is 18.2 Å². The number of ether oxygens (including phenoxy) is 3. The van der Waals surface area contributed by atoms with Gasteiger partial charge in [0.2, 0.25) is 0 Å². The first-order chi connectivity index (χ1) is 14.6. The predicted molar refractivity (Wildman–Crippen MR) is 111 cm³/mol. The molecule has 156 valence electrons. The lowest BCUT2D eigenvalue weighted by molar-refractivity contribution is -0.205. The van der Waals surface area contributed by atoms with Crippen molar-refractivity contribution in [2.45, 2.75) is 55.3 Å². The lowest BCUT2D eigenvalue weighted by Crippen LogP contribution is -2.79. The molecule has 5 nitrogen and oxygen atoms in total. The van der Waals surface area contributed by atoms with Crippen molar-refractivity contribution in [2.24, 2.45) is 17.3 Å². The molecule has 0 radical (unpaired) electrons. The maximum Gasteiger partial charge on any atom is 0.166 e. The third-order valence-electron chi connectivity index (χ3n) is 9.47. The normalized spacial score (nSPS) is 44.4. The summed E-state index contributed by atoms with van der Waals surface area (Å²) in [4.78, 5) is 2.76. The third-order valence-corrected chi connectivity index (χ3v) is 9.47. The minimum absolute atomic E-state index is 0.0733. The van der Waals surface area contributed by atoms with Gasteiger partial charge in [-0.25, -0.2) is 0 Å². The lowest BCUT2D eigenvalue weighted by Gasteiger charge is -2.70. The van der Waals surface area contributed by atoms with Gasteiger partial charge < -0.3 is 14.2 Å². The Kier molecular flexibility index (Phi) is 3.18. The van der Waals surface area contributed by atoms with Crippen LogP contribution in [0, 0.1) is 28.6 Å². The molecule has 30 heavy (non-hydrogen) atoms. The number of hydrogen-bond acceptors (Lipinski definition) is 5. The van der Waals surface area contributed by atoms with Crippen LogP contribution in [0.5, 0.6) is 11.5 Å². The van der Waals surface area contributed by atoms with Crippen LogP contribution < -0.4 is 9.47 Å². The molecule has 2 spiro atoms. The van der Waals surface area contributed by atoms with E-state index < -0.39 is 5.60 Å². The molecule has 4 bridgehead atoms.